The quantitative estimate of drug-likeness (QED) is 0.685. The molecular weight excluding hydrogens is 328 g/mol. The molecule has 0 saturated carbocycles. The molecule has 2 aliphatic rings. The number of amidine groups is 1. The topological polar surface area (TPSA) is 67.7 Å². The minimum atomic E-state index is -0.249. The van der Waals surface area contributed by atoms with E-state index in [0.29, 0.717) is 23.8 Å². The van der Waals surface area contributed by atoms with Gasteiger partial charge in [0, 0.05) is 29.2 Å². The molecule has 2 aromatic rings. The first-order chi connectivity index (χ1) is 12.7. The van der Waals surface area contributed by atoms with Crippen molar-refractivity contribution in [3.63, 3.8) is 0 Å². The van der Waals surface area contributed by atoms with E-state index in [0.717, 1.165) is 17.7 Å². The predicted octanol–water partition coefficient (Wildman–Crippen LogP) is 2.82. The monoisotopic (exact) mass is 344 g/mol. The number of aliphatic imine (C=N–C) groups is 1. The molecule has 2 aromatic carbocycles. The summed E-state index contributed by atoms with van der Waals surface area (Å²) in [5.74, 6) is 0.465. The van der Waals surface area contributed by atoms with Crippen molar-refractivity contribution in [2.75, 3.05) is 16.9 Å². The highest BCUT2D eigenvalue weighted by atomic mass is 16.2. The summed E-state index contributed by atoms with van der Waals surface area (Å²) < 4.78 is 0. The Morgan fingerprint density at radius 1 is 1.15 bits per heavy atom. The average Bonchev–Trinajstić information content (AvgIpc) is 3.12. The number of hydrogen-bond acceptors (Lipinski definition) is 5. The number of anilines is 2. The molecule has 26 heavy (non-hydrogen) atoms. The zero-order valence-electron chi connectivity index (χ0n) is 13.9. The Labute approximate surface area is 150 Å². The van der Waals surface area contributed by atoms with Crippen LogP contribution >= 0.6 is 0 Å². The van der Waals surface area contributed by atoms with Gasteiger partial charge in [0.05, 0.1) is 0 Å². The second-order valence-electron chi connectivity index (χ2n) is 5.91. The summed E-state index contributed by atoms with van der Waals surface area (Å²) in [6.45, 7) is 0.514. The van der Waals surface area contributed by atoms with Gasteiger partial charge < -0.3 is 5.32 Å². The van der Waals surface area contributed by atoms with Crippen molar-refractivity contribution in [2.24, 2.45) is 4.99 Å². The van der Waals surface area contributed by atoms with Gasteiger partial charge in [-0.2, -0.15) is 4.99 Å². The lowest BCUT2D eigenvalue weighted by atomic mass is 10.2. The Morgan fingerprint density at radius 2 is 2.00 bits per heavy atom. The number of aldehydes is 1. The third-order valence-electron chi connectivity index (χ3n) is 4.12. The van der Waals surface area contributed by atoms with E-state index in [9.17, 15) is 9.59 Å². The van der Waals surface area contributed by atoms with Gasteiger partial charge in [0.2, 0.25) is 6.67 Å². The van der Waals surface area contributed by atoms with Crippen LogP contribution in [0.3, 0.4) is 0 Å². The van der Waals surface area contributed by atoms with E-state index >= 15 is 0 Å². The molecule has 0 fully saturated rings. The molecule has 0 saturated heterocycles. The fourth-order valence-electron chi connectivity index (χ4n) is 2.81. The predicted molar refractivity (Wildman–Crippen MR) is 101 cm³/mol. The molecule has 4 rings (SSSR count). The van der Waals surface area contributed by atoms with E-state index in [2.05, 4.69) is 10.3 Å². The molecule has 6 nitrogen and oxygen atoms in total. The highest BCUT2D eigenvalue weighted by molar-refractivity contribution is 6.10. The van der Waals surface area contributed by atoms with Gasteiger partial charge in [-0.05, 0) is 24.3 Å². The molecule has 6 heteroatoms. The molecule has 0 aliphatic carbocycles. The molecule has 1 amide bonds. The molecule has 0 bridgehead atoms. The van der Waals surface area contributed by atoms with E-state index in [-0.39, 0.29) is 5.91 Å². The highest BCUT2D eigenvalue weighted by Gasteiger charge is 2.35. The smallest absolute Gasteiger partial charge is 0.285 e. The van der Waals surface area contributed by atoms with Crippen LogP contribution in [0.1, 0.15) is 10.4 Å². The maximum absolute atomic E-state index is 12.4. The van der Waals surface area contributed by atoms with Gasteiger partial charge in [0.15, 0.2) is 11.9 Å². The Morgan fingerprint density at radius 3 is 2.81 bits per heavy atom. The summed E-state index contributed by atoms with van der Waals surface area (Å²) >= 11 is 0. The second-order valence-corrected chi connectivity index (χ2v) is 5.91. The van der Waals surface area contributed by atoms with Crippen molar-refractivity contribution in [1.82, 2.24) is 4.90 Å². The number of hydrogen-bond donors (Lipinski definition) is 1. The van der Waals surface area contributed by atoms with Crippen LogP contribution < -0.4 is 15.1 Å². The number of carbonyl (C=O) groups excluding carboxylic acids is 2. The Bertz CT molecular complexity index is 947. The van der Waals surface area contributed by atoms with Gasteiger partial charge >= 0.3 is 0 Å². The van der Waals surface area contributed by atoms with Crippen molar-refractivity contribution in [2.45, 2.75) is 0 Å². The number of nitrogens with one attached hydrogen (secondary N) is 1. The highest BCUT2D eigenvalue weighted by Crippen LogP contribution is 2.22. The summed E-state index contributed by atoms with van der Waals surface area (Å²) in [5.41, 5.74) is 2.61. The van der Waals surface area contributed by atoms with Gasteiger partial charge in [-0.25, -0.2) is 0 Å². The van der Waals surface area contributed by atoms with E-state index in [1.165, 1.54) is 0 Å². The van der Waals surface area contributed by atoms with Crippen molar-refractivity contribution in [3.05, 3.63) is 84.3 Å². The fraction of sp³-hybridized carbons (Fsp3) is 0.0500. The third kappa shape index (κ3) is 3.18. The summed E-state index contributed by atoms with van der Waals surface area (Å²) in [4.78, 5) is 31.6. The largest absolute Gasteiger partial charge is 0.320 e. The van der Waals surface area contributed by atoms with Crippen molar-refractivity contribution < 1.29 is 9.59 Å². The van der Waals surface area contributed by atoms with Crippen molar-refractivity contribution in [1.29, 1.82) is 0 Å². The zero-order chi connectivity index (χ0) is 17.9. The summed E-state index contributed by atoms with van der Waals surface area (Å²) in [6, 6.07) is 16.6. The van der Waals surface area contributed by atoms with Gasteiger partial charge in [0.1, 0.15) is 6.29 Å². The van der Waals surface area contributed by atoms with Crippen molar-refractivity contribution in [3.8, 4) is 0 Å². The second kappa shape index (κ2) is 6.78. The first-order valence-corrected chi connectivity index (χ1v) is 8.16. The Balaban J connectivity index is 1.50. The van der Waals surface area contributed by atoms with Crippen LogP contribution in [0.5, 0.6) is 0 Å². The van der Waals surface area contributed by atoms with Crippen LogP contribution in [0.4, 0.5) is 11.4 Å². The normalized spacial score (nSPS) is 15.9. The molecule has 0 atom stereocenters. The van der Waals surface area contributed by atoms with Crippen LogP contribution in [0.25, 0.3) is 0 Å². The van der Waals surface area contributed by atoms with E-state index in [4.69, 9.17) is 0 Å². The van der Waals surface area contributed by atoms with Gasteiger partial charge in [-0.1, -0.05) is 35.2 Å². The average molecular weight is 344 g/mol. The number of carbonyl (C=O) groups is 2. The molecule has 2 aliphatic heterocycles. The number of para-hydroxylation sites is 1. The van der Waals surface area contributed by atoms with E-state index < -0.39 is 0 Å². The van der Waals surface area contributed by atoms with Gasteiger partial charge in [-0.3, -0.25) is 14.5 Å². The van der Waals surface area contributed by atoms with E-state index in [1.807, 2.05) is 70.6 Å². The maximum Gasteiger partial charge on any atom is 0.285 e. The van der Waals surface area contributed by atoms with E-state index in [1.54, 1.807) is 12.3 Å². The summed E-state index contributed by atoms with van der Waals surface area (Å²) in [6.07, 6.45) is 6.29. The Kier molecular flexibility index (Phi) is 4.17. The standard InChI is InChI=1S/C20H16N4O2/c25-13-15-5-4-8-17(11-15)23-10-9-19-22-18(12-24(19)14-23)20(26)21-16-6-2-1-3-7-16/h1-13H,14H2,(H,21,26)/q+1. The lowest BCUT2D eigenvalue weighted by molar-refractivity contribution is -0.112. The lowest BCUT2D eigenvalue weighted by Crippen LogP contribution is -2.41. The summed E-state index contributed by atoms with van der Waals surface area (Å²) in [7, 11) is 0. The van der Waals surface area contributed by atoms with Crippen LogP contribution in [0, 0.1) is 0 Å². The Hall–Kier alpha value is -3.51. The van der Waals surface area contributed by atoms with Gasteiger partial charge in [0.25, 0.3) is 11.7 Å². The molecule has 2 heterocycles. The number of benzene rings is 2. The molecule has 127 valence electrons. The first kappa shape index (κ1) is 16.0. The lowest BCUT2D eigenvalue weighted by Gasteiger charge is -2.22. The van der Waals surface area contributed by atoms with Crippen LogP contribution in [0.15, 0.2) is 83.8 Å². The third-order valence-corrected chi connectivity index (χ3v) is 4.12. The molecular formula is C20H16N4O2+. The SMILES string of the molecule is O=Cc1cccc(N2C=CC3=NC(C(=O)Nc4ccccc4)=C[N+]3C2)c1. The number of amides is 1. The number of rotatable bonds is 4. The minimum absolute atomic E-state index is 0.249. The molecule has 0 spiro atoms. The molecule has 1 N–H and O–H groups in total. The number of fused-ring (bicyclic) bond motifs is 1. The maximum atomic E-state index is 12.4. The molecule has 0 aromatic heterocycles. The minimum Gasteiger partial charge on any atom is -0.320 e. The van der Waals surface area contributed by atoms with Gasteiger partial charge in [-0.15, -0.1) is 0 Å². The fourth-order valence-corrected chi connectivity index (χ4v) is 2.81. The molecule has 1 radical (unpaired) electrons. The number of nitrogens with zero attached hydrogens (tertiary/aromatic N) is 3. The van der Waals surface area contributed by atoms with Crippen LogP contribution in [-0.2, 0) is 4.79 Å². The van der Waals surface area contributed by atoms with Crippen LogP contribution in [-0.4, -0.2) is 24.7 Å². The first-order valence-electron chi connectivity index (χ1n) is 8.16. The van der Waals surface area contributed by atoms with Crippen molar-refractivity contribution >= 4 is 29.4 Å². The zero-order valence-corrected chi connectivity index (χ0v) is 13.9. The van der Waals surface area contributed by atoms with Crippen LogP contribution in [0.2, 0.25) is 0 Å². The summed E-state index contributed by atoms with van der Waals surface area (Å²) in [5, 5.41) is 2.83. The molecule has 0 unspecified atom stereocenters.